The number of amides is 2. The smallest absolute Gasteiger partial charge is 0.317 e. The average molecular weight is 371 g/mol. The molecule has 2 aromatic rings. The van der Waals surface area contributed by atoms with E-state index in [1.807, 2.05) is 30.9 Å². The Bertz CT molecular complexity index is 774. The van der Waals surface area contributed by atoms with Crippen molar-refractivity contribution in [1.29, 1.82) is 0 Å². The molecule has 2 aromatic heterocycles. The number of ether oxygens (including phenoxy) is 1. The predicted octanol–water partition coefficient (Wildman–Crippen LogP) is 1.48. The highest BCUT2D eigenvalue weighted by Crippen LogP contribution is 2.26. The van der Waals surface area contributed by atoms with Gasteiger partial charge < -0.3 is 19.5 Å². The molecule has 27 heavy (non-hydrogen) atoms. The highest BCUT2D eigenvalue weighted by molar-refractivity contribution is 5.74. The molecule has 2 saturated heterocycles. The Labute approximate surface area is 158 Å². The van der Waals surface area contributed by atoms with E-state index in [9.17, 15) is 4.79 Å². The number of fused-ring (bicyclic) bond motifs is 1. The lowest BCUT2D eigenvalue weighted by molar-refractivity contribution is -0.0504. The van der Waals surface area contributed by atoms with Crippen molar-refractivity contribution in [3.05, 3.63) is 47.1 Å². The number of carbonyl (C=O) groups is 1. The van der Waals surface area contributed by atoms with E-state index in [0.717, 1.165) is 35.7 Å². The van der Waals surface area contributed by atoms with E-state index in [2.05, 4.69) is 20.4 Å². The molecule has 2 aliphatic rings. The van der Waals surface area contributed by atoms with Gasteiger partial charge in [0.2, 0.25) is 0 Å². The molecule has 4 heterocycles. The first-order valence-corrected chi connectivity index (χ1v) is 9.31. The Balaban J connectivity index is 1.38. The summed E-state index contributed by atoms with van der Waals surface area (Å²) in [5, 5.41) is 7.03. The maximum absolute atomic E-state index is 12.6. The van der Waals surface area contributed by atoms with Crippen LogP contribution in [0.2, 0.25) is 0 Å². The van der Waals surface area contributed by atoms with E-state index in [1.54, 1.807) is 12.4 Å². The lowest BCUT2D eigenvalue weighted by atomic mass is 10.1. The van der Waals surface area contributed by atoms with Crippen LogP contribution < -0.4 is 5.32 Å². The summed E-state index contributed by atoms with van der Waals surface area (Å²) >= 11 is 0. The van der Waals surface area contributed by atoms with E-state index in [4.69, 9.17) is 9.26 Å². The number of carbonyl (C=O) groups excluding carboxylic acids is 1. The van der Waals surface area contributed by atoms with Crippen LogP contribution in [0, 0.1) is 13.8 Å². The fraction of sp³-hybridized carbons (Fsp3) is 0.526. The van der Waals surface area contributed by atoms with E-state index >= 15 is 0 Å². The molecule has 2 atom stereocenters. The lowest BCUT2D eigenvalue weighted by Crippen LogP contribution is -2.50. The molecule has 2 fully saturated rings. The number of hydrogen-bond acceptors (Lipinski definition) is 6. The van der Waals surface area contributed by atoms with Gasteiger partial charge in [-0.1, -0.05) is 11.2 Å². The van der Waals surface area contributed by atoms with Crippen molar-refractivity contribution >= 4 is 6.03 Å². The number of hydrogen-bond donors (Lipinski definition) is 1. The van der Waals surface area contributed by atoms with E-state index in [0.29, 0.717) is 26.2 Å². The van der Waals surface area contributed by atoms with Crippen LogP contribution in [0.4, 0.5) is 4.79 Å². The van der Waals surface area contributed by atoms with Crippen LogP contribution in [0.1, 0.15) is 22.6 Å². The van der Waals surface area contributed by atoms with Crippen molar-refractivity contribution in [2.45, 2.75) is 39.1 Å². The quantitative estimate of drug-likeness (QED) is 0.877. The monoisotopic (exact) mass is 371 g/mol. The standard InChI is InChI=1S/C19H25N5O3/c1-13-16(14(2)27-22-13)10-23-6-7-26-18-12-24(11-17(18)23)19(25)21-9-15-4-3-5-20-8-15/h3-5,8,17-18H,6-7,9-12H2,1-2H3,(H,21,25)/t17-,18+/m1/s1. The van der Waals surface area contributed by atoms with Crippen molar-refractivity contribution < 1.29 is 14.1 Å². The molecular weight excluding hydrogens is 346 g/mol. The Morgan fingerprint density at radius 2 is 2.26 bits per heavy atom. The number of likely N-dealkylation sites (tertiary alicyclic amines) is 1. The third kappa shape index (κ3) is 3.81. The topological polar surface area (TPSA) is 83.7 Å². The molecule has 1 N–H and O–H groups in total. The molecular formula is C19H25N5O3. The van der Waals surface area contributed by atoms with Crippen molar-refractivity contribution in [2.75, 3.05) is 26.2 Å². The maximum atomic E-state index is 12.6. The highest BCUT2D eigenvalue weighted by Gasteiger charge is 2.42. The van der Waals surface area contributed by atoms with Crippen LogP contribution in [0.15, 0.2) is 29.0 Å². The molecule has 0 saturated carbocycles. The first-order valence-electron chi connectivity index (χ1n) is 9.31. The number of nitrogens with zero attached hydrogens (tertiary/aromatic N) is 4. The van der Waals surface area contributed by atoms with Crippen molar-refractivity contribution in [3.8, 4) is 0 Å². The number of rotatable bonds is 4. The molecule has 0 unspecified atom stereocenters. The Morgan fingerprint density at radius 1 is 1.37 bits per heavy atom. The SMILES string of the molecule is Cc1noc(C)c1CN1CCO[C@H]2CN(C(=O)NCc3cccnc3)C[C@H]21. The van der Waals surface area contributed by atoms with E-state index in [1.165, 1.54) is 0 Å². The van der Waals surface area contributed by atoms with Gasteiger partial charge in [0.05, 0.1) is 31.0 Å². The van der Waals surface area contributed by atoms with Crippen LogP contribution in [0.25, 0.3) is 0 Å². The predicted molar refractivity (Wildman–Crippen MR) is 98.0 cm³/mol. The molecule has 2 aliphatic heterocycles. The maximum Gasteiger partial charge on any atom is 0.317 e. The summed E-state index contributed by atoms with van der Waals surface area (Å²) in [4.78, 5) is 20.9. The zero-order valence-corrected chi connectivity index (χ0v) is 15.7. The van der Waals surface area contributed by atoms with E-state index in [-0.39, 0.29) is 18.2 Å². The molecule has 0 spiro atoms. The summed E-state index contributed by atoms with van der Waals surface area (Å²) < 4.78 is 11.2. The second kappa shape index (κ2) is 7.66. The summed E-state index contributed by atoms with van der Waals surface area (Å²) in [7, 11) is 0. The van der Waals surface area contributed by atoms with Crippen molar-refractivity contribution in [2.24, 2.45) is 0 Å². The van der Waals surface area contributed by atoms with Crippen LogP contribution in [-0.4, -0.2) is 64.4 Å². The van der Waals surface area contributed by atoms with Gasteiger partial charge in [0.25, 0.3) is 0 Å². The molecule has 0 radical (unpaired) electrons. The summed E-state index contributed by atoms with van der Waals surface area (Å²) in [6.07, 6.45) is 3.53. The summed E-state index contributed by atoms with van der Waals surface area (Å²) in [6, 6.07) is 3.95. The molecule has 8 nitrogen and oxygen atoms in total. The number of aromatic nitrogens is 2. The van der Waals surface area contributed by atoms with Crippen LogP contribution in [-0.2, 0) is 17.8 Å². The van der Waals surface area contributed by atoms with Crippen LogP contribution in [0.3, 0.4) is 0 Å². The Hall–Kier alpha value is -2.45. The summed E-state index contributed by atoms with van der Waals surface area (Å²) in [6.45, 7) is 7.95. The molecule has 8 heteroatoms. The van der Waals surface area contributed by atoms with Crippen LogP contribution in [0.5, 0.6) is 0 Å². The fourth-order valence-electron chi connectivity index (χ4n) is 3.84. The third-order valence-electron chi connectivity index (χ3n) is 5.41. The zero-order valence-electron chi connectivity index (χ0n) is 15.7. The minimum absolute atomic E-state index is 0.0448. The molecule has 0 aliphatic carbocycles. The largest absolute Gasteiger partial charge is 0.373 e. The molecule has 4 rings (SSSR count). The average Bonchev–Trinajstić information content (AvgIpc) is 3.26. The van der Waals surface area contributed by atoms with Crippen molar-refractivity contribution in [1.82, 2.24) is 25.3 Å². The molecule has 144 valence electrons. The van der Waals surface area contributed by atoms with Gasteiger partial charge in [-0.2, -0.15) is 0 Å². The molecule has 0 aromatic carbocycles. The first kappa shape index (κ1) is 17.9. The number of aryl methyl sites for hydroxylation is 2. The number of pyridine rings is 1. The summed E-state index contributed by atoms with van der Waals surface area (Å²) in [5.41, 5.74) is 3.05. The number of morpholine rings is 1. The lowest BCUT2D eigenvalue weighted by Gasteiger charge is -2.36. The van der Waals surface area contributed by atoms with Gasteiger partial charge in [-0.05, 0) is 25.5 Å². The minimum Gasteiger partial charge on any atom is -0.373 e. The van der Waals surface area contributed by atoms with Gasteiger partial charge in [0, 0.05) is 44.1 Å². The number of urea groups is 1. The second-order valence-electron chi connectivity index (χ2n) is 7.17. The summed E-state index contributed by atoms with van der Waals surface area (Å²) in [5.74, 6) is 0.861. The van der Waals surface area contributed by atoms with Gasteiger partial charge in [0.15, 0.2) is 0 Å². The minimum atomic E-state index is -0.0610. The second-order valence-corrected chi connectivity index (χ2v) is 7.17. The van der Waals surface area contributed by atoms with Gasteiger partial charge in [-0.15, -0.1) is 0 Å². The highest BCUT2D eigenvalue weighted by atomic mass is 16.5. The molecule has 2 amide bonds. The van der Waals surface area contributed by atoms with E-state index < -0.39 is 0 Å². The van der Waals surface area contributed by atoms with Crippen LogP contribution >= 0.6 is 0 Å². The zero-order chi connectivity index (χ0) is 18.8. The van der Waals surface area contributed by atoms with Gasteiger partial charge >= 0.3 is 6.03 Å². The van der Waals surface area contributed by atoms with Gasteiger partial charge in [0.1, 0.15) is 5.76 Å². The van der Waals surface area contributed by atoms with Gasteiger partial charge in [-0.3, -0.25) is 9.88 Å². The molecule has 0 bridgehead atoms. The third-order valence-corrected chi connectivity index (χ3v) is 5.41. The Kier molecular flexibility index (Phi) is 5.09. The first-order chi connectivity index (χ1) is 13.1. The number of nitrogens with one attached hydrogen (secondary N) is 1. The fourth-order valence-corrected chi connectivity index (χ4v) is 3.84. The Morgan fingerprint density at radius 3 is 3.00 bits per heavy atom. The van der Waals surface area contributed by atoms with Crippen molar-refractivity contribution in [3.63, 3.8) is 0 Å². The normalized spacial score (nSPS) is 22.7. The van der Waals surface area contributed by atoms with Gasteiger partial charge in [-0.25, -0.2) is 4.79 Å².